The number of hydrogen-bond acceptors (Lipinski definition) is 1. The molecule has 0 radical (unpaired) electrons. The summed E-state index contributed by atoms with van der Waals surface area (Å²) in [6.45, 7) is 9.29. The van der Waals surface area contributed by atoms with Gasteiger partial charge in [-0.05, 0) is 79.7 Å². The molecule has 0 saturated heterocycles. The topological polar surface area (TPSA) is 26.0 Å². The quantitative estimate of drug-likeness (QED) is 0.0566. The zero-order valence-corrected chi connectivity index (χ0v) is 33.1. The van der Waals surface area contributed by atoms with Gasteiger partial charge >= 0.3 is 0 Å². The Hall–Kier alpha value is -0.980. The van der Waals surface area contributed by atoms with E-state index in [-0.39, 0.29) is 0 Å². The average Bonchev–Trinajstić information content (AvgIpc) is 3.07. The molecule has 0 unspecified atom stereocenters. The molecule has 276 valence electrons. The van der Waals surface area contributed by atoms with E-state index in [1.54, 1.807) is 22.3 Å². The molecule has 0 aliphatic heterocycles. The summed E-state index contributed by atoms with van der Waals surface area (Å²) in [5, 5.41) is 0. The number of hydrogen-bond donors (Lipinski definition) is 1. The van der Waals surface area contributed by atoms with Gasteiger partial charge in [-0.1, -0.05) is 207 Å². The van der Waals surface area contributed by atoms with Gasteiger partial charge in [0.15, 0.2) is 0 Å². The molecule has 0 aromatic heterocycles. The molecule has 0 atom stereocenters. The van der Waals surface area contributed by atoms with E-state index in [2.05, 4.69) is 33.8 Å². The van der Waals surface area contributed by atoms with Crippen LogP contribution in [-0.4, -0.2) is 0 Å². The molecule has 0 saturated carbocycles. The van der Waals surface area contributed by atoms with Crippen LogP contribution in [0.3, 0.4) is 0 Å². The van der Waals surface area contributed by atoms with Crippen molar-refractivity contribution in [1.82, 2.24) is 0 Å². The molecular weight excluding hydrogens is 567 g/mol. The van der Waals surface area contributed by atoms with Gasteiger partial charge in [0.05, 0.1) is 0 Å². The van der Waals surface area contributed by atoms with Crippen molar-refractivity contribution in [3.8, 4) is 0 Å². The third-order valence-corrected chi connectivity index (χ3v) is 10.9. The van der Waals surface area contributed by atoms with Crippen LogP contribution in [0.25, 0.3) is 0 Å². The van der Waals surface area contributed by atoms with Crippen LogP contribution in [0, 0.1) is 0 Å². The number of anilines is 1. The summed E-state index contributed by atoms with van der Waals surface area (Å²) in [6.07, 6.45) is 49.8. The molecule has 47 heavy (non-hydrogen) atoms. The maximum atomic E-state index is 7.02. The van der Waals surface area contributed by atoms with E-state index < -0.39 is 0 Å². The summed E-state index contributed by atoms with van der Waals surface area (Å²) < 4.78 is 0. The molecule has 1 heteroatoms. The SMILES string of the molecule is CCCCCCCCCCc1cc(N)c(CCCCCCCCCC)c(CCCCCCCCCC)c1CCCCCCCCCC. The third kappa shape index (κ3) is 23.9. The lowest BCUT2D eigenvalue weighted by Gasteiger charge is -2.22. The first-order valence-corrected chi connectivity index (χ1v) is 22.1. The van der Waals surface area contributed by atoms with Crippen molar-refractivity contribution in [2.75, 3.05) is 5.73 Å². The van der Waals surface area contributed by atoms with Gasteiger partial charge in [0.25, 0.3) is 0 Å². The predicted molar refractivity (Wildman–Crippen MR) is 216 cm³/mol. The first-order valence-electron chi connectivity index (χ1n) is 22.1. The van der Waals surface area contributed by atoms with Crippen molar-refractivity contribution in [2.45, 2.75) is 259 Å². The zero-order valence-electron chi connectivity index (χ0n) is 33.1. The van der Waals surface area contributed by atoms with Crippen LogP contribution < -0.4 is 5.73 Å². The summed E-state index contributed by atoms with van der Waals surface area (Å²) in [5.41, 5.74) is 14.8. The maximum absolute atomic E-state index is 7.02. The fourth-order valence-corrected chi connectivity index (χ4v) is 7.80. The molecule has 0 heterocycles. The smallest absolute Gasteiger partial charge is 0.0352 e. The summed E-state index contributed by atoms with van der Waals surface area (Å²) in [6, 6.07) is 2.47. The van der Waals surface area contributed by atoms with Crippen LogP contribution in [0.15, 0.2) is 6.07 Å². The largest absolute Gasteiger partial charge is 0.398 e. The molecule has 1 aromatic rings. The average molecular weight is 654 g/mol. The third-order valence-electron chi connectivity index (χ3n) is 10.9. The van der Waals surface area contributed by atoms with Gasteiger partial charge in [-0.3, -0.25) is 0 Å². The Labute approximate surface area is 297 Å². The minimum Gasteiger partial charge on any atom is -0.398 e. The van der Waals surface area contributed by atoms with Gasteiger partial charge in [-0.25, -0.2) is 0 Å². The molecular formula is C46H87N. The van der Waals surface area contributed by atoms with Crippen molar-refractivity contribution >= 4 is 5.69 Å². The highest BCUT2D eigenvalue weighted by atomic mass is 14.6. The highest BCUT2D eigenvalue weighted by Crippen LogP contribution is 2.32. The van der Waals surface area contributed by atoms with E-state index >= 15 is 0 Å². The number of nitrogens with two attached hydrogens (primary N) is 1. The van der Waals surface area contributed by atoms with Gasteiger partial charge in [0.1, 0.15) is 0 Å². The van der Waals surface area contributed by atoms with Gasteiger partial charge in [-0.2, -0.15) is 0 Å². The summed E-state index contributed by atoms with van der Waals surface area (Å²) in [4.78, 5) is 0. The van der Waals surface area contributed by atoms with Crippen LogP contribution in [-0.2, 0) is 25.7 Å². The first kappa shape index (κ1) is 44.0. The molecule has 1 aromatic carbocycles. The molecule has 1 rings (SSSR count). The van der Waals surface area contributed by atoms with Gasteiger partial charge in [-0.15, -0.1) is 0 Å². The van der Waals surface area contributed by atoms with Gasteiger partial charge in [0.2, 0.25) is 0 Å². The number of rotatable bonds is 36. The van der Waals surface area contributed by atoms with E-state index in [1.807, 2.05) is 0 Å². The standard InChI is InChI=1S/C46H87N/c1-5-9-13-17-21-25-29-33-37-42-41-46(47)45(40-36-32-28-24-20-16-12-8-4)44(39-35-31-27-23-19-15-11-7-3)43(42)38-34-30-26-22-18-14-10-6-2/h41H,5-40,47H2,1-4H3. The molecule has 0 fully saturated rings. The molecule has 2 N–H and O–H groups in total. The van der Waals surface area contributed by atoms with E-state index in [4.69, 9.17) is 5.73 Å². The molecule has 0 bridgehead atoms. The summed E-state index contributed by atoms with van der Waals surface area (Å²) >= 11 is 0. The molecule has 1 nitrogen and oxygen atoms in total. The molecule has 0 aliphatic carbocycles. The number of benzene rings is 1. The van der Waals surface area contributed by atoms with Crippen molar-refractivity contribution in [1.29, 1.82) is 0 Å². The highest BCUT2D eigenvalue weighted by Gasteiger charge is 2.17. The van der Waals surface area contributed by atoms with Crippen LogP contribution in [0.1, 0.15) is 255 Å². The Bertz CT molecular complexity index is 795. The fraction of sp³-hybridized carbons (Fsp3) is 0.870. The Balaban J connectivity index is 2.96. The number of nitrogen functional groups attached to an aromatic ring is 1. The van der Waals surface area contributed by atoms with Crippen molar-refractivity contribution in [2.24, 2.45) is 0 Å². The second-order valence-electron chi connectivity index (χ2n) is 15.5. The minimum atomic E-state index is 1.14. The lowest BCUT2D eigenvalue weighted by Crippen LogP contribution is -2.10. The molecule has 0 aliphatic rings. The van der Waals surface area contributed by atoms with E-state index in [9.17, 15) is 0 Å². The van der Waals surface area contributed by atoms with Crippen molar-refractivity contribution in [3.63, 3.8) is 0 Å². The molecule has 0 spiro atoms. The monoisotopic (exact) mass is 654 g/mol. The summed E-state index contributed by atoms with van der Waals surface area (Å²) in [5.74, 6) is 0. The highest BCUT2D eigenvalue weighted by molar-refractivity contribution is 5.58. The van der Waals surface area contributed by atoms with Crippen LogP contribution in [0.2, 0.25) is 0 Å². The lowest BCUT2D eigenvalue weighted by atomic mass is 9.84. The van der Waals surface area contributed by atoms with E-state index in [0.29, 0.717) is 0 Å². The van der Waals surface area contributed by atoms with E-state index in [0.717, 1.165) is 5.69 Å². The second-order valence-corrected chi connectivity index (χ2v) is 15.5. The van der Waals surface area contributed by atoms with Crippen molar-refractivity contribution < 1.29 is 0 Å². The Morgan fingerprint density at radius 3 is 0.894 bits per heavy atom. The van der Waals surface area contributed by atoms with E-state index in [1.165, 1.54) is 231 Å². The normalized spacial score (nSPS) is 11.6. The zero-order chi connectivity index (χ0) is 34.0. The van der Waals surface area contributed by atoms with Crippen LogP contribution in [0.5, 0.6) is 0 Å². The lowest BCUT2D eigenvalue weighted by molar-refractivity contribution is 0.564. The Morgan fingerprint density at radius 2 is 0.553 bits per heavy atom. The maximum Gasteiger partial charge on any atom is 0.0352 e. The van der Waals surface area contributed by atoms with Crippen molar-refractivity contribution in [3.05, 3.63) is 28.3 Å². The number of aryl methyl sites for hydroxylation is 1. The molecule has 0 amide bonds. The van der Waals surface area contributed by atoms with Crippen LogP contribution >= 0.6 is 0 Å². The first-order chi connectivity index (χ1) is 23.2. The predicted octanol–water partition coefficient (Wildman–Crippen LogP) is 16.0. The second kappa shape index (κ2) is 33.5. The van der Waals surface area contributed by atoms with Gasteiger partial charge in [0, 0.05) is 5.69 Å². The van der Waals surface area contributed by atoms with Gasteiger partial charge < -0.3 is 5.73 Å². The minimum absolute atomic E-state index is 1.14. The fourth-order valence-electron chi connectivity index (χ4n) is 7.80. The van der Waals surface area contributed by atoms with Crippen LogP contribution in [0.4, 0.5) is 5.69 Å². The Morgan fingerprint density at radius 1 is 0.298 bits per heavy atom. The Kier molecular flexibility index (Phi) is 31.4. The summed E-state index contributed by atoms with van der Waals surface area (Å²) in [7, 11) is 0. The number of unbranched alkanes of at least 4 members (excludes halogenated alkanes) is 28.